The number of aromatic amines is 1. The van der Waals surface area contributed by atoms with Gasteiger partial charge in [-0.05, 0) is 53.6 Å². The van der Waals surface area contributed by atoms with Gasteiger partial charge >= 0.3 is 6.18 Å². The predicted octanol–water partition coefficient (Wildman–Crippen LogP) is 5.32. The lowest BCUT2D eigenvalue weighted by atomic mass is 10.0. The Hall–Kier alpha value is -5.32. The molecule has 0 saturated heterocycles. The molecule has 0 atom stereocenters. The second-order valence-corrected chi connectivity index (χ2v) is 9.43. The number of H-pyrrole nitrogens is 1. The first-order valence-corrected chi connectivity index (χ1v) is 12.4. The number of nitrogens with two attached hydrogens (primary N) is 1. The second-order valence-electron chi connectivity index (χ2n) is 9.43. The van der Waals surface area contributed by atoms with Gasteiger partial charge in [0.15, 0.2) is 0 Å². The van der Waals surface area contributed by atoms with Gasteiger partial charge in [0.25, 0.3) is 17.4 Å². The lowest BCUT2D eigenvalue weighted by Crippen LogP contribution is -2.23. The summed E-state index contributed by atoms with van der Waals surface area (Å²) in [4.78, 5) is 41.1. The summed E-state index contributed by atoms with van der Waals surface area (Å²) in [5.74, 6) is -0.815. The molecule has 2 heterocycles. The predicted molar refractivity (Wildman–Crippen MR) is 150 cm³/mol. The fourth-order valence-corrected chi connectivity index (χ4v) is 4.38. The Kier molecular flexibility index (Phi) is 7.10. The van der Waals surface area contributed by atoms with Crippen LogP contribution in [0, 0.1) is 0 Å². The maximum absolute atomic E-state index is 13.0. The number of amides is 2. The van der Waals surface area contributed by atoms with E-state index in [1.54, 1.807) is 48.5 Å². The number of aryl methyl sites for hydroxylation is 1. The molecule has 0 fully saturated rings. The maximum atomic E-state index is 13.0. The van der Waals surface area contributed by atoms with Crippen molar-refractivity contribution in [3.8, 4) is 11.1 Å². The van der Waals surface area contributed by atoms with Gasteiger partial charge in [-0.15, -0.1) is 0 Å². The van der Waals surface area contributed by atoms with E-state index in [1.807, 2.05) is 0 Å². The van der Waals surface area contributed by atoms with E-state index >= 15 is 0 Å². The molecule has 5 N–H and O–H groups in total. The zero-order valence-corrected chi connectivity index (χ0v) is 21.7. The molecule has 5 aromatic rings. The van der Waals surface area contributed by atoms with E-state index in [2.05, 4.69) is 15.6 Å². The van der Waals surface area contributed by atoms with E-state index in [0.29, 0.717) is 33.5 Å². The van der Waals surface area contributed by atoms with Crippen molar-refractivity contribution >= 4 is 34.1 Å². The topological polar surface area (TPSA) is 122 Å². The van der Waals surface area contributed by atoms with E-state index in [-0.39, 0.29) is 29.2 Å². The number of hydrogen-bond donors (Lipinski definition) is 4. The molecule has 0 spiro atoms. The van der Waals surface area contributed by atoms with Gasteiger partial charge in [-0.3, -0.25) is 14.4 Å². The number of alkyl halides is 3. The number of nitrogens with one attached hydrogen (secondary N) is 3. The first-order valence-electron chi connectivity index (χ1n) is 12.4. The number of aromatic nitrogens is 2. The lowest BCUT2D eigenvalue weighted by molar-refractivity contribution is -0.137. The summed E-state index contributed by atoms with van der Waals surface area (Å²) in [6.07, 6.45) is -2.95. The van der Waals surface area contributed by atoms with Crippen LogP contribution < -0.4 is 21.9 Å². The Balaban J connectivity index is 1.31. The van der Waals surface area contributed by atoms with Crippen molar-refractivity contribution < 1.29 is 22.8 Å². The fourth-order valence-electron chi connectivity index (χ4n) is 4.38. The Labute approximate surface area is 231 Å². The van der Waals surface area contributed by atoms with Crippen LogP contribution >= 0.6 is 0 Å². The average Bonchev–Trinajstić information content (AvgIpc) is 3.41. The molecule has 0 radical (unpaired) electrons. The standard InChI is InChI=1S/C30H24F3N5O3/c1-38-16-22(18-10-12-20(13-11-18)30(31,32)33)21-14-25(36-26(21)29(38)41)28(40)35-15-17-6-8-19(9-7-17)27(39)37-24-5-3-2-4-23(24)34/h2-14,16,36H,15,34H2,1H3,(H,35,40)(H,37,39). The van der Waals surface area contributed by atoms with Gasteiger partial charge < -0.3 is 25.9 Å². The molecule has 2 aromatic heterocycles. The number of benzene rings is 3. The van der Waals surface area contributed by atoms with Crippen molar-refractivity contribution in [2.24, 2.45) is 7.05 Å². The molecule has 8 nitrogen and oxygen atoms in total. The lowest BCUT2D eigenvalue weighted by Gasteiger charge is -2.09. The van der Waals surface area contributed by atoms with Crippen LogP contribution in [0.1, 0.15) is 32.0 Å². The summed E-state index contributed by atoms with van der Waals surface area (Å²) < 4.78 is 40.3. The first-order chi connectivity index (χ1) is 19.5. The molecule has 0 aliphatic heterocycles. The van der Waals surface area contributed by atoms with Crippen molar-refractivity contribution in [3.63, 3.8) is 0 Å². The van der Waals surface area contributed by atoms with Crippen molar-refractivity contribution in [1.82, 2.24) is 14.9 Å². The minimum absolute atomic E-state index is 0.118. The van der Waals surface area contributed by atoms with E-state index in [1.165, 1.54) is 36.0 Å². The van der Waals surface area contributed by atoms with Gasteiger partial charge in [-0.25, -0.2) is 0 Å². The van der Waals surface area contributed by atoms with Crippen molar-refractivity contribution in [1.29, 1.82) is 0 Å². The Bertz CT molecular complexity index is 1820. The second kappa shape index (κ2) is 10.7. The highest BCUT2D eigenvalue weighted by Gasteiger charge is 2.30. The van der Waals surface area contributed by atoms with Crippen LogP contribution in [-0.4, -0.2) is 21.4 Å². The molecule has 11 heteroatoms. The van der Waals surface area contributed by atoms with Crippen LogP contribution in [0.3, 0.4) is 0 Å². The van der Waals surface area contributed by atoms with Gasteiger partial charge in [0.2, 0.25) is 0 Å². The van der Waals surface area contributed by atoms with Crippen LogP contribution in [-0.2, 0) is 19.8 Å². The molecule has 2 amide bonds. The number of para-hydroxylation sites is 2. The summed E-state index contributed by atoms with van der Waals surface area (Å²) in [7, 11) is 1.52. The number of nitrogen functional groups attached to an aromatic ring is 1. The number of nitrogens with zero attached hydrogens (tertiary/aromatic N) is 1. The molecule has 3 aromatic carbocycles. The number of hydrogen-bond acceptors (Lipinski definition) is 4. The Morgan fingerprint density at radius 2 is 1.63 bits per heavy atom. The molecular weight excluding hydrogens is 535 g/mol. The molecular formula is C30H24F3N5O3. The SMILES string of the molecule is Cn1cc(-c2ccc(C(F)(F)F)cc2)c2cc(C(=O)NCc3ccc(C(=O)Nc4ccccc4N)cc3)[nH]c2c1=O. The van der Waals surface area contributed by atoms with Crippen LogP contribution in [0.15, 0.2) is 89.9 Å². The van der Waals surface area contributed by atoms with Crippen LogP contribution in [0.4, 0.5) is 24.5 Å². The zero-order chi connectivity index (χ0) is 29.3. The third-order valence-electron chi connectivity index (χ3n) is 6.61. The van der Waals surface area contributed by atoms with Gasteiger partial charge in [-0.2, -0.15) is 13.2 Å². The molecule has 0 bridgehead atoms. The first kappa shape index (κ1) is 27.3. The molecule has 0 saturated carbocycles. The minimum atomic E-state index is -4.47. The van der Waals surface area contributed by atoms with Crippen molar-refractivity contribution in [2.75, 3.05) is 11.1 Å². The Morgan fingerprint density at radius 3 is 2.29 bits per heavy atom. The highest BCUT2D eigenvalue weighted by molar-refractivity contribution is 6.06. The molecule has 0 aliphatic rings. The third-order valence-corrected chi connectivity index (χ3v) is 6.61. The number of anilines is 2. The van der Waals surface area contributed by atoms with Gasteiger partial charge in [-0.1, -0.05) is 36.4 Å². The number of carbonyl (C=O) groups excluding carboxylic acids is 2. The molecule has 41 heavy (non-hydrogen) atoms. The molecule has 0 unspecified atom stereocenters. The quantitative estimate of drug-likeness (QED) is 0.211. The minimum Gasteiger partial charge on any atom is -0.397 e. The van der Waals surface area contributed by atoms with E-state index < -0.39 is 17.6 Å². The number of halogens is 3. The normalized spacial score (nSPS) is 11.4. The summed E-state index contributed by atoms with van der Waals surface area (Å²) in [5.41, 5.74) is 8.02. The fraction of sp³-hybridized carbons (Fsp3) is 0.100. The van der Waals surface area contributed by atoms with Crippen molar-refractivity contribution in [2.45, 2.75) is 12.7 Å². The molecule has 208 valence electrons. The monoisotopic (exact) mass is 559 g/mol. The number of rotatable bonds is 6. The summed E-state index contributed by atoms with van der Waals surface area (Å²) in [5, 5.41) is 5.93. The third kappa shape index (κ3) is 5.69. The van der Waals surface area contributed by atoms with Gasteiger partial charge in [0, 0.05) is 36.3 Å². The smallest absolute Gasteiger partial charge is 0.397 e. The number of fused-ring (bicyclic) bond motifs is 1. The highest BCUT2D eigenvalue weighted by Crippen LogP contribution is 2.33. The van der Waals surface area contributed by atoms with Gasteiger partial charge in [0.1, 0.15) is 11.2 Å². The highest BCUT2D eigenvalue weighted by atomic mass is 19.4. The zero-order valence-electron chi connectivity index (χ0n) is 21.7. The number of pyridine rings is 1. The average molecular weight is 560 g/mol. The van der Waals surface area contributed by atoms with E-state index in [0.717, 1.165) is 17.7 Å². The molecule has 0 aliphatic carbocycles. The van der Waals surface area contributed by atoms with E-state index in [9.17, 15) is 27.6 Å². The Morgan fingerprint density at radius 1 is 0.951 bits per heavy atom. The van der Waals surface area contributed by atoms with E-state index in [4.69, 9.17) is 5.73 Å². The summed E-state index contributed by atoms with van der Waals surface area (Å²) in [6, 6.07) is 19.7. The summed E-state index contributed by atoms with van der Waals surface area (Å²) >= 11 is 0. The maximum Gasteiger partial charge on any atom is 0.416 e. The van der Waals surface area contributed by atoms with Crippen LogP contribution in [0.25, 0.3) is 22.0 Å². The number of carbonyl (C=O) groups is 2. The molecule has 5 rings (SSSR count). The summed E-state index contributed by atoms with van der Waals surface area (Å²) in [6.45, 7) is 0.144. The van der Waals surface area contributed by atoms with Crippen LogP contribution in [0.5, 0.6) is 0 Å². The largest absolute Gasteiger partial charge is 0.416 e. The van der Waals surface area contributed by atoms with Crippen LogP contribution in [0.2, 0.25) is 0 Å². The van der Waals surface area contributed by atoms with Gasteiger partial charge in [0.05, 0.1) is 16.9 Å². The van der Waals surface area contributed by atoms with Crippen molar-refractivity contribution in [3.05, 3.63) is 118 Å².